The standard InChI is InChI=1S/C15H15FN2O/c16-13-7-5-11(6-8-13)9-15(19)18-14-4-2-1-3-12(14)10-17/h1-8H,9-10,17H2,(H,18,19). The molecule has 0 aliphatic carbocycles. The number of carbonyl (C=O) groups excluding carboxylic acids is 1. The topological polar surface area (TPSA) is 55.1 Å². The van der Waals surface area contributed by atoms with Crippen molar-refractivity contribution in [2.45, 2.75) is 13.0 Å². The number of carbonyl (C=O) groups is 1. The monoisotopic (exact) mass is 258 g/mol. The molecule has 3 N–H and O–H groups in total. The Morgan fingerprint density at radius 2 is 1.79 bits per heavy atom. The zero-order chi connectivity index (χ0) is 13.7. The molecule has 19 heavy (non-hydrogen) atoms. The molecule has 0 saturated heterocycles. The molecule has 0 unspecified atom stereocenters. The molecule has 2 aromatic rings. The predicted octanol–water partition coefficient (Wildman–Crippen LogP) is 2.47. The van der Waals surface area contributed by atoms with Gasteiger partial charge in [-0.2, -0.15) is 0 Å². The summed E-state index contributed by atoms with van der Waals surface area (Å²) in [7, 11) is 0. The van der Waals surface area contributed by atoms with Gasteiger partial charge in [-0.3, -0.25) is 4.79 Å². The Morgan fingerprint density at radius 3 is 2.47 bits per heavy atom. The lowest BCUT2D eigenvalue weighted by molar-refractivity contribution is -0.115. The Labute approximate surface area is 111 Å². The second kappa shape index (κ2) is 6.11. The van der Waals surface area contributed by atoms with Crippen molar-refractivity contribution in [2.75, 3.05) is 5.32 Å². The molecule has 0 heterocycles. The molecule has 4 heteroatoms. The fourth-order valence-corrected chi connectivity index (χ4v) is 1.80. The van der Waals surface area contributed by atoms with Crippen LogP contribution in [0.5, 0.6) is 0 Å². The van der Waals surface area contributed by atoms with Crippen LogP contribution in [0.1, 0.15) is 11.1 Å². The number of amides is 1. The SMILES string of the molecule is NCc1ccccc1NC(=O)Cc1ccc(F)cc1. The average Bonchev–Trinajstić information content (AvgIpc) is 2.42. The molecular weight excluding hydrogens is 243 g/mol. The van der Waals surface area contributed by atoms with Crippen LogP contribution < -0.4 is 11.1 Å². The van der Waals surface area contributed by atoms with Crippen LogP contribution in [0.15, 0.2) is 48.5 Å². The Balaban J connectivity index is 2.03. The van der Waals surface area contributed by atoms with E-state index in [1.54, 1.807) is 12.1 Å². The number of anilines is 1. The fraction of sp³-hybridized carbons (Fsp3) is 0.133. The second-order valence-electron chi connectivity index (χ2n) is 4.21. The minimum atomic E-state index is -0.308. The minimum Gasteiger partial charge on any atom is -0.326 e. The third-order valence-corrected chi connectivity index (χ3v) is 2.79. The summed E-state index contributed by atoms with van der Waals surface area (Å²) in [5, 5.41) is 2.81. The highest BCUT2D eigenvalue weighted by molar-refractivity contribution is 5.92. The molecule has 98 valence electrons. The molecule has 0 spiro atoms. The van der Waals surface area contributed by atoms with Gasteiger partial charge in [0.2, 0.25) is 5.91 Å². The van der Waals surface area contributed by atoms with Crippen LogP contribution >= 0.6 is 0 Å². The van der Waals surface area contributed by atoms with Gasteiger partial charge in [0.15, 0.2) is 0 Å². The average molecular weight is 258 g/mol. The summed E-state index contributed by atoms with van der Waals surface area (Å²) >= 11 is 0. The van der Waals surface area contributed by atoms with Crippen molar-refractivity contribution in [1.29, 1.82) is 0 Å². The maximum Gasteiger partial charge on any atom is 0.228 e. The molecule has 0 aliphatic rings. The Hall–Kier alpha value is -2.20. The fourth-order valence-electron chi connectivity index (χ4n) is 1.80. The number of nitrogens with two attached hydrogens (primary N) is 1. The van der Waals surface area contributed by atoms with Gasteiger partial charge >= 0.3 is 0 Å². The molecule has 0 bridgehead atoms. The maximum atomic E-state index is 12.8. The summed E-state index contributed by atoms with van der Waals surface area (Å²) in [5.41, 5.74) is 7.97. The molecule has 1 amide bonds. The number of halogens is 1. The van der Waals surface area contributed by atoms with Crippen molar-refractivity contribution in [3.05, 3.63) is 65.5 Å². The summed E-state index contributed by atoms with van der Waals surface area (Å²) < 4.78 is 12.8. The van der Waals surface area contributed by atoms with Crippen molar-refractivity contribution < 1.29 is 9.18 Å². The Bertz CT molecular complexity index is 567. The highest BCUT2D eigenvalue weighted by Crippen LogP contribution is 2.14. The van der Waals surface area contributed by atoms with Crippen molar-refractivity contribution in [1.82, 2.24) is 0 Å². The zero-order valence-corrected chi connectivity index (χ0v) is 10.4. The van der Waals surface area contributed by atoms with E-state index in [4.69, 9.17) is 5.73 Å². The van der Waals surface area contributed by atoms with Gasteiger partial charge in [-0.25, -0.2) is 4.39 Å². The number of benzene rings is 2. The van der Waals surface area contributed by atoms with Crippen molar-refractivity contribution >= 4 is 11.6 Å². The Morgan fingerprint density at radius 1 is 1.11 bits per heavy atom. The summed E-state index contributed by atoms with van der Waals surface area (Å²) in [6, 6.07) is 13.3. The van der Waals surface area contributed by atoms with Crippen LogP contribution in [-0.4, -0.2) is 5.91 Å². The second-order valence-corrected chi connectivity index (χ2v) is 4.21. The largest absolute Gasteiger partial charge is 0.326 e. The van der Waals surface area contributed by atoms with E-state index >= 15 is 0 Å². The van der Waals surface area contributed by atoms with Gasteiger partial charge in [0, 0.05) is 12.2 Å². The van der Waals surface area contributed by atoms with E-state index < -0.39 is 0 Å². The zero-order valence-electron chi connectivity index (χ0n) is 10.4. The first kappa shape index (κ1) is 13.2. The van der Waals surface area contributed by atoms with Gasteiger partial charge in [0.05, 0.1) is 6.42 Å². The highest BCUT2D eigenvalue weighted by atomic mass is 19.1. The summed E-state index contributed by atoms with van der Waals surface area (Å²) in [6.45, 7) is 0.368. The highest BCUT2D eigenvalue weighted by Gasteiger charge is 2.06. The maximum absolute atomic E-state index is 12.8. The van der Waals surface area contributed by atoms with Gasteiger partial charge < -0.3 is 11.1 Å². The molecule has 2 aromatic carbocycles. The third-order valence-electron chi connectivity index (χ3n) is 2.79. The normalized spacial score (nSPS) is 10.2. The van der Waals surface area contributed by atoms with E-state index in [1.165, 1.54) is 12.1 Å². The van der Waals surface area contributed by atoms with Gasteiger partial charge in [-0.15, -0.1) is 0 Å². The van der Waals surface area contributed by atoms with Crippen LogP contribution in [0.25, 0.3) is 0 Å². The molecule has 0 radical (unpaired) electrons. The van der Waals surface area contributed by atoms with Crippen molar-refractivity contribution in [3.8, 4) is 0 Å². The van der Waals surface area contributed by atoms with Crippen LogP contribution in [-0.2, 0) is 17.8 Å². The summed E-state index contributed by atoms with van der Waals surface area (Å²) in [4.78, 5) is 11.9. The number of hydrogen-bond donors (Lipinski definition) is 2. The van der Waals surface area contributed by atoms with E-state index in [2.05, 4.69) is 5.32 Å². The minimum absolute atomic E-state index is 0.146. The van der Waals surface area contributed by atoms with Crippen LogP contribution in [0, 0.1) is 5.82 Å². The number of para-hydroxylation sites is 1. The Kier molecular flexibility index (Phi) is 4.26. The van der Waals surface area contributed by atoms with Crippen molar-refractivity contribution in [3.63, 3.8) is 0 Å². The van der Waals surface area contributed by atoms with Crippen LogP contribution in [0.4, 0.5) is 10.1 Å². The number of nitrogens with one attached hydrogen (secondary N) is 1. The molecule has 2 rings (SSSR count). The van der Waals surface area contributed by atoms with Gasteiger partial charge in [-0.1, -0.05) is 30.3 Å². The molecular formula is C15H15FN2O. The van der Waals surface area contributed by atoms with Crippen molar-refractivity contribution in [2.24, 2.45) is 5.73 Å². The van der Waals surface area contributed by atoms with Crippen LogP contribution in [0.3, 0.4) is 0 Å². The first-order valence-electron chi connectivity index (χ1n) is 6.01. The molecule has 0 aliphatic heterocycles. The summed E-state index contributed by atoms with van der Waals surface area (Å²) in [6.07, 6.45) is 0.208. The molecule has 0 atom stereocenters. The van der Waals surface area contributed by atoms with E-state index in [9.17, 15) is 9.18 Å². The third kappa shape index (κ3) is 3.63. The van der Waals surface area contributed by atoms with E-state index in [1.807, 2.05) is 24.3 Å². The quantitative estimate of drug-likeness (QED) is 0.885. The molecule has 0 fully saturated rings. The molecule has 3 nitrogen and oxygen atoms in total. The van der Waals surface area contributed by atoms with E-state index in [0.29, 0.717) is 6.54 Å². The predicted molar refractivity (Wildman–Crippen MR) is 73.1 cm³/mol. The van der Waals surface area contributed by atoms with Gasteiger partial charge in [0.1, 0.15) is 5.82 Å². The molecule has 0 aromatic heterocycles. The number of hydrogen-bond acceptors (Lipinski definition) is 2. The lowest BCUT2D eigenvalue weighted by Crippen LogP contribution is -2.16. The van der Waals surface area contributed by atoms with Gasteiger partial charge in [-0.05, 0) is 29.3 Å². The lowest BCUT2D eigenvalue weighted by atomic mass is 10.1. The first-order chi connectivity index (χ1) is 9.19. The first-order valence-corrected chi connectivity index (χ1v) is 6.01. The van der Waals surface area contributed by atoms with Crippen LogP contribution in [0.2, 0.25) is 0 Å². The van der Waals surface area contributed by atoms with E-state index in [0.717, 1.165) is 16.8 Å². The molecule has 0 saturated carbocycles. The number of rotatable bonds is 4. The lowest BCUT2D eigenvalue weighted by Gasteiger charge is -2.09. The smallest absolute Gasteiger partial charge is 0.228 e. The van der Waals surface area contributed by atoms with E-state index in [-0.39, 0.29) is 18.1 Å². The summed E-state index contributed by atoms with van der Waals surface area (Å²) in [5.74, 6) is -0.454. The van der Waals surface area contributed by atoms with Gasteiger partial charge in [0.25, 0.3) is 0 Å².